The summed E-state index contributed by atoms with van der Waals surface area (Å²) in [6.07, 6.45) is 3.28. The quantitative estimate of drug-likeness (QED) is 0.735. The van der Waals surface area contributed by atoms with E-state index in [2.05, 4.69) is 5.32 Å². The molecular formula is C12H24N2O2. The van der Waals surface area contributed by atoms with Crippen molar-refractivity contribution in [1.29, 1.82) is 0 Å². The van der Waals surface area contributed by atoms with Crippen LogP contribution in [0.2, 0.25) is 0 Å². The molecule has 0 spiro atoms. The van der Waals surface area contributed by atoms with Crippen LogP contribution in [0.4, 0.5) is 0 Å². The molecule has 4 nitrogen and oxygen atoms in total. The van der Waals surface area contributed by atoms with Crippen LogP contribution in [0.1, 0.15) is 33.1 Å². The SMILES string of the molecule is CC(C)[C@@H](N)C(=O)NCCC1CCOCC1. The third-order valence-corrected chi connectivity index (χ3v) is 3.21. The van der Waals surface area contributed by atoms with Gasteiger partial charge < -0.3 is 15.8 Å². The van der Waals surface area contributed by atoms with E-state index in [4.69, 9.17) is 10.5 Å². The Morgan fingerprint density at radius 1 is 1.44 bits per heavy atom. The summed E-state index contributed by atoms with van der Waals surface area (Å²) in [5, 5.41) is 2.91. The van der Waals surface area contributed by atoms with E-state index in [1.54, 1.807) is 0 Å². The summed E-state index contributed by atoms with van der Waals surface area (Å²) in [7, 11) is 0. The topological polar surface area (TPSA) is 64.4 Å². The summed E-state index contributed by atoms with van der Waals surface area (Å²) in [5.74, 6) is 0.870. The molecule has 1 fully saturated rings. The highest BCUT2D eigenvalue weighted by Gasteiger charge is 2.18. The van der Waals surface area contributed by atoms with E-state index in [0.717, 1.165) is 39.0 Å². The smallest absolute Gasteiger partial charge is 0.237 e. The maximum Gasteiger partial charge on any atom is 0.237 e. The fourth-order valence-corrected chi connectivity index (χ4v) is 1.86. The van der Waals surface area contributed by atoms with Crippen LogP contribution in [0.5, 0.6) is 0 Å². The van der Waals surface area contributed by atoms with Crippen LogP contribution in [-0.2, 0) is 9.53 Å². The average molecular weight is 228 g/mol. The molecule has 1 aliphatic rings. The van der Waals surface area contributed by atoms with Gasteiger partial charge in [-0.05, 0) is 31.1 Å². The van der Waals surface area contributed by atoms with Crippen LogP contribution < -0.4 is 11.1 Å². The number of hydrogen-bond donors (Lipinski definition) is 2. The first kappa shape index (κ1) is 13.5. The number of ether oxygens (including phenoxy) is 1. The molecule has 1 aliphatic heterocycles. The van der Waals surface area contributed by atoms with Crippen LogP contribution in [0.25, 0.3) is 0 Å². The lowest BCUT2D eigenvalue weighted by Crippen LogP contribution is -2.44. The molecule has 1 saturated heterocycles. The van der Waals surface area contributed by atoms with Gasteiger partial charge in [0.2, 0.25) is 5.91 Å². The van der Waals surface area contributed by atoms with Gasteiger partial charge >= 0.3 is 0 Å². The van der Waals surface area contributed by atoms with E-state index in [1.807, 2.05) is 13.8 Å². The summed E-state index contributed by atoms with van der Waals surface area (Å²) in [6, 6.07) is -0.380. The maximum atomic E-state index is 11.6. The number of carbonyl (C=O) groups excluding carboxylic acids is 1. The first-order chi connectivity index (χ1) is 7.61. The number of hydrogen-bond acceptors (Lipinski definition) is 3. The molecule has 0 radical (unpaired) electrons. The number of nitrogens with two attached hydrogens (primary N) is 1. The predicted molar refractivity (Wildman–Crippen MR) is 64.0 cm³/mol. The molecule has 1 atom stereocenters. The van der Waals surface area contributed by atoms with Crippen molar-refractivity contribution in [3.8, 4) is 0 Å². The third-order valence-electron chi connectivity index (χ3n) is 3.21. The summed E-state index contributed by atoms with van der Waals surface area (Å²) in [4.78, 5) is 11.6. The number of carbonyl (C=O) groups is 1. The zero-order valence-corrected chi connectivity index (χ0v) is 10.4. The average Bonchev–Trinajstić information content (AvgIpc) is 2.29. The highest BCUT2D eigenvalue weighted by Crippen LogP contribution is 2.17. The Kier molecular flexibility index (Phi) is 5.77. The Hall–Kier alpha value is -0.610. The van der Waals surface area contributed by atoms with Crippen molar-refractivity contribution in [3.63, 3.8) is 0 Å². The lowest BCUT2D eigenvalue weighted by Gasteiger charge is -2.22. The van der Waals surface area contributed by atoms with Gasteiger partial charge in [0.05, 0.1) is 6.04 Å². The van der Waals surface area contributed by atoms with Crippen molar-refractivity contribution >= 4 is 5.91 Å². The first-order valence-electron chi connectivity index (χ1n) is 6.22. The summed E-state index contributed by atoms with van der Waals surface area (Å²) in [6.45, 7) is 6.39. The van der Waals surface area contributed by atoms with Gasteiger partial charge in [-0.25, -0.2) is 0 Å². The maximum absolute atomic E-state index is 11.6. The second-order valence-corrected chi connectivity index (χ2v) is 4.91. The Bertz CT molecular complexity index is 213. The van der Waals surface area contributed by atoms with Gasteiger partial charge in [0.25, 0.3) is 0 Å². The van der Waals surface area contributed by atoms with Crippen molar-refractivity contribution in [3.05, 3.63) is 0 Å². The van der Waals surface area contributed by atoms with Gasteiger partial charge in [-0.3, -0.25) is 4.79 Å². The Labute approximate surface area is 97.9 Å². The molecule has 0 aromatic carbocycles. The number of nitrogens with one attached hydrogen (secondary N) is 1. The molecule has 0 aromatic rings. The highest BCUT2D eigenvalue weighted by molar-refractivity contribution is 5.81. The predicted octanol–water partition coefficient (Wildman–Crippen LogP) is 0.903. The lowest BCUT2D eigenvalue weighted by atomic mass is 9.96. The van der Waals surface area contributed by atoms with Gasteiger partial charge in [-0.1, -0.05) is 13.8 Å². The molecular weight excluding hydrogens is 204 g/mol. The second-order valence-electron chi connectivity index (χ2n) is 4.91. The fourth-order valence-electron chi connectivity index (χ4n) is 1.86. The molecule has 1 heterocycles. The van der Waals surface area contributed by atoms with Crippen molar-refractivity contribution in [2.75, 3.05) is 19.8 Å². The molecule has 4 heteroatoms. The highest BCUT2D eigenvalue weighted by atomic mass is 16.5. The van der Waals surface area contributed by atoms with Gasteiger partial charge in [0, 0.05) is 19.8 Å². The molecule has 1 rings (SSSR count). The first-order valence-corrected chi connectivity index (χ1v) is 6.22. The molecule has 0 aromatic heterocycles. The van der Waals surface area contributed by atoms with E-state index in [9.17, 15) is 4.79 Å². The number of amides is 1. The van der Waals surface area contributed by atoms with E-state index < -0.39 is 0 Å². The lowest BCUT2D eigenvalue weighted by molar-refractivity contribution is -0.123. The minimum Gasteiger partial charge on any atom is -0.381 e. The molecule has 0 saturated carbocycles. The van der Waals surface area contributed by atoms with Crippen molar-refractivity contribution < 1.29 is 9.53 Å². The van der Waals surface area contributed by atoms with E-state index >= 15 is 0 Å². The monoisotopic (exact) mass is 228 g/mol. The molecule has 0 bridgehead atoms. The summed E-state index contributed by atoms with van der Waals surface area (Å²) >= 11 is 0. The molecule has 16 heavy (non-hydrogen) atoms. The minimum absolute atomic E-state index is 0.0259. The van der Waals surface area contributed by atoms with Crippen LogP contribution in [0, 0.1) is 11.8 Å². The zero-order chi connectivity index (χ0) is 12.0. The molecule has 3 N–H and O–H groups in total. The second kappa shape index (κ2) is 6.86. The fraction of sp³-hybridized carbons (Fsp3) is 0.917. The van der Waals surface area contributed by atoms with Crippen LogP contribution in [0.3, 0.4) is 0 Å². The Morgan fingerprint density at radius 2 is 2.06 bits per heavy atom. The molecule has 1 amide bonds. The molecule has 94 valence electrons. The van der Waals surface area contributed by atoms with Crippen molar-refractivity contribution in [1.82, 2.24) is 5.32 Å². The van der Waals surface area contributed by atoms with Crippen molar-refractivity contribution in [2.45, 2.75) is 39.2 Å². The van der Waals surface area contributed by atoms with E-state index in [0.29, 0.717) is 5.92 Å². The van der Waals surface area contributed by atoms with Gasteiger partial charge in [-0.2, -0.15) is 0 Å². The summed E-state index contributed by atoms with van der Waals surface area (Å²) < 4.78 is 5.29. The normalized spacial score (nSPS) is 19.8. The molecule has 0 unspecified atom stereocenters. The van der Waals surface area contributed by atoms with Crippen LogP contribution >= 0.6 is 0 Å². The van der Waals surface area contributed by atoms with E-state index in [1.165, 1.54) is 0 Å². The molecule has 0 aliphatic carbocycles. The Balaban J connectivity index is 2.12. The zero-order valence-electron chi connectivity index (χ0n) is 10.4. The standard InChI is InChI=1S/C12H24N2O2/c1-9(2)11(13)12(15)14-6-3-10-4-7-16-8-5-10/h9-11H,3-8,13H2,1-2H3,(H,14,15)/t11-/m1/s1. The van der Waals surface area contributed by atoms with Gasteiger partial charge in [-0.15, -0.1) is 0 Å². The Morgan fingerprint density at radius 3 is 2.62 bits per heavy atom. The van der Waals surface area contributed by atoms with Crippen molar-refractivity contribution in [2.24, 2.45) is 17.6 Å². The van der Waals surface area contributed by atoms with E-state index in [-0.39, 0.29) is 17.9 Å². The third kappa shape index (κ3) is 4.49. The largest absolute Gasteiger partial charge is 0.381 e. The van der Waals surface area contributed by atoms with Crippen LogP contribution in [0.15, 0.2) is 0 Å². The summed E-state index contributed by atoms with van der Waals surface area (Å²) in [5.41, 5.74) is 5.75. The van der Waals surface area contributed by atoms with Crippen LogP contribution in [-0.4, -0.2) is 31.7 Å². The number of rotatable bonds is 5. The minimum atomic E-state index is -0.380. The van der Waals surface area contributed by atoms with Gasteiger partial charge in [0.1, 0.15) is 0 Å². The van der Waals surface area contributed by atoms with Gasteiger partial charge in [0.15, 0.2) is 0 Å².